The van der Waals surface area contributed by atoms with Crippen LogP contribution in [0.4, 0.5) is 5.69 Å². The van der Waals surface area contributed by atoms with Gasteiger partial charge in [0.1, 0.15) is 11.5 Å². The molecule has 148 valence electrons. The Morgan fingerprint density at radius 1 is 0.966 bits per heavy atom. The van der Waals surface area contributed by atoms with Crippen molar-refractivity contribution in [3.63, 3.8) is 0 Å². The topological polar surface area (TPSA) is 63.4 Å². The SMILES string of the molecule is CCc1cccc2c1[nH]c1cc(NC(=O)Cc3ccc(OC)cc3OC)ccc12. The van der Waals surface area contributed by atoms with Gasteiger partial charge >= 0.3 is 0 Å². The maximum absolute atomic E-state index is 12.6. The maximum atomic E-state index is 12.6. The fourth-order valence-corrected chi connectivity index (χ4v) is 3.74. The molecule has 1 heterocycles. The van der Waals surface area contributed by atoms with Gasteiger partial charge in [0, 0.05) is 39.1 Å². The Morgan fingerprint density at radius 3 is 2.59 bits per heavy atom. The van der Waals surface area contributed by atoms with Gasteiger partial charge in [0.2, 0.25) is 5.91 Å². The summed E-state index contributed by atoms with van der Waals surface area (Å²) in [7, 11) is 3.19. The van der Waals surface area contributed by atoms with Crippen molar-refractivity contribution >= 4 is 33.4 Å². The van der Waals surface area contributed by atoms with Crippen molar-refractivity contribution in [2.45, 2.75) is 19.8 Å². The number of aromatic amines is 1. The number of carbonyl (C=O) groups is 1. The Labute approximate surface area is 169 Å². The molecule has 2 N–H and O–H groups in total. The average Bonchev–Trinajstić information content (AvgIpc) is 3.11. The second kappa shape index (κ2) is 7.87. The molecule has 1 amide bonds. The number of aryl methyl sites for hydroxylation is 1. The highest BCUT2D eigenvalue weighted by Gasteiger charge is 2.12. The molecule has 0 saturated heterocycles. The Morgan fingerprint density at radius 2 is 1.83 bits per heavy atom. The van der Waals surface area contributed by atoms with Gasteiger partial charge in [-0.2, -0.15) is 0 Å². The normalized spacial score (nSPS) is 11.0. The van der Waals surface area contributed by atoms with Crippen molar-refractivity contribution in [2.24, 2.45) is 0 Å². The number of amides is 1. The van der Waals surface area contributed by atoms with E-state index in [1.165, 1.54) is 10.9 Å². The lowest BCUT2D eigenvalue weighted by Gasteiger charge is -2.11. The van der Waals surface area contributed by atoms with Crippen LogP contribution in [0.15, 0.2) is 54.6 Å². The molecule has 0 atom stereocenters. The zero-order valence-corrected chi connectivity index (χ0v) is 16.8. The van der Waals surface area contributed by atoms with Gasteiger partial charge in [-0.05, 0) is 30.2 Å². The summed E-state index contributed by atoms with van der Waals surface area (Å²) >= 11 is 0. The van der Waals surface area contributed by atoms with Gasteiger partial charge in [-0.25, -0.2) is 0 Å². The number of benzene rings is 3. The van der Waals surface area contributed by atoms with Crippen LogP contribution in [-0.4, -0.2) is 25.1 Å². The van der Waals surface area contributed by atoms with E-state index in [0.717, 1.165) is 34.1 Å². The van der Waals surface area contributed by atoms with E-state index in [-0.39, 0.29) is 12.3 Å². The minimum atomic E-state index is -0.0989. The molecule has 0 bridgehead atoms. The summed E-state index contributed by atoms with van der Waals surface area (Å²) in [6, 6.07) is 17.8. The zero-order valence-electron chi connectivity index (χ0n) is 16.8. The summed E-state index contributed by atoms with van der Waals surface area (Å²) in [5.41, 5.74) is 5.04. The number of H-pyrrole nitrogens is 1. The van der Waals surface area contributed by atoms with E-state index in [0.29, 0.717) is 11.5 Å². The summed E-state index contributed by atoms with van der Waals surface area (Å²) in [5.74, 6) is 1.23. The Kier molecular flexibility index (Phi) is 5.12. The summed E-state index contributed by atoms with van der Waals surface area (Å²) in [6.07, 6.45) is 1.19. The lowest BCUT2D eigenvalue weighted by molar-refractivity contribution is -0.115. The zero-order chi connectivity index (χ0) is 20.4. The fraction of sp³-hybridized carbons (Fsp3) is 0.208. The molecule has 4 aromatic rings. The quantitative estimate of drug-likeness (QED) is 0.484. The molecule has 29 heavy (non-hydrogen) atoms. The van der Waals surface area contributed by atoms with Gasteiger partial charge < -0.3 is 19.8 Å². The number of aromatic nitrogens is 1. The second-order valence-corrected chi connectivity index (χ2v) is 6.98. The predicted molar refractivity (Wildman–Crippen MR) is 117 cm³/mol. The average molecular weight is 388 g/mol. The molecule has 5 nitrogen and oxygen atoms in total. The number of anilines is 1. The van der Waals surface area contributed by atoms with Crippen molar-refractivity contribution < 1.29 is 14.3 Å². The van der Waals surface area contributed by atoms with Gasteiger partial charge in [0.05, 0.1) is 20.6 Å². The third-order valence-electron chi connectivity index (χ3n) is 5.23. The smallest absolute Gasteiger partial charge is 0.228 e. The number of carbonyl (C=O) groups excluding carboxylic acids is 1. The maximum Gasteiger partial charge on any atom is 0.228 e. The molecule has 0 aliphatic rings. The molecule has 0 fully saturated rings. The first-order valence-electron chi connectivity index (χ1n) is 9.67. The van der Waals surface area contributed by atoms with Crippen LogP contribution in [0.25, 0.3) is 21.8 Å². The Balaban J connectivity index is 1.58. The Hall–Kier alpha value is -3.47. The molecular formula is C24H24N2O3. The number of para-hydroxylation sites is 1. The molecule has 0 saturated carbocycles. The van der Waals surface area contributed by atoms with Crippen molar-refractivity contribution in [1.82, 2.24) is 4.98 Å². The minimum absolute atomic E-state index is 0.0989. The van der Waals surface area contributed by atoms with Crippen LogP contribution >= 0.6 is 0 Å². The monoisotopic (exact) mass is 388 g/mol. The number of nitrogens with one attached hydrogen (secondary N) is 2. The highest BCUT2D eigenvalue weighted by molar-refractivity contribution is 6.09. The van der Waals surface area contributed by atoms with Crippen molar-refractivity contribution in [1.29, 1.82) is 0 Å². The van der Waals surface area contributed by atoms with Gasteiger partial charge in [-0.3, -0.25) is 4.79 Å². The van der Waals surface area contributed by atoms with Gasteiger partial charge in [-0.15, -0.1) is 0 Å². The van der Waals surface area contributed by atoms with E-state index >= 15 is 0 Å². The predicted octanol–water partition coefficient (Wildman–Crippen LogP) is 5.08. The van der Waals surface area contributed by atoms with Gasteiger partial charge in [0.25, 0.3) is 0 Å². The summed E-state index contributed by atoms with van der Waals surface area (Å²) in [4.78, 5) is 16.1. The van der Waals surface area contributed by atoms with Gasteiger partial charge in [0.15, 0.2) is 0 Å². The van der Waals surface area contributed by atoms with E-state index in [1.54, 1.807) is 20.3 Å². The summed E-state index contributed by atoms with van der Waals surface area (Å²) in [6.45, 7) is 2.15. The lowest BCUT2D eigenvalue weighted by atomic mass is 10.1. The largest absolute Gasteiger partial charge is 0.497 e. The number of rotatable bonds is 6. The van der Waals surface area contributed by atoms with Crippen LogP contribution in [0.3, 0.4) is 0 Å². The standard InChI is InChI=1S/C24H24N2O3/c1-4-15-6-5-7-20-19-11-9-17(13-21(19)26-24(15)20)25-23(27)12-16-8-10-18(28-2)14-22(16)29-3/h5-11,13-14,26H,4,12H2,1-3H3,(H,25,27). The van der Waals surface area contributed by atoms with Crippen LogP contribution in [0.2, 0.25) is 0 Å². The first kappa shape index (κ1) is 18.9. The van der Waals surface area contributed by atoms with Crippen LogP contribution in [0.5, 0.6) is 11.5 Å². The van der Waals surface area contributed by atoms with Gasteiger partial charge in [-0.1, -0.05) is 37.3 Å². The van der Waals surface area contributed by atoms with E-state index in [4.69, 9.17) is 9.47 Å². The third kappa shape index (κ3) is 3.63. The highest BCUT2D eigenvalue weighted by atomic mass is 16.5. The molecular weight excluding hydrogens is 364 g/mol. The minimum Gasteiger partial charge on any atom is -0.497 e. The molecule has 0 unspecified atom stereocenters. The molecule has 0 radical (unpaired) electrons. The van der Waals surface area contributed by atoms with Crippen LogP contribution in [0.1, 0.15) is 18.1 Å². The first-order valence-corrected chi connectivity index (χ1v) is 9.67. The lowest BCUT2D eigenvalue weighted by Crippen LogP contribution is -2.14. The molecule has 0 spiro atoms. The molecule has 0 aliphatic carbocycles. The molecule has 4 rings (SSSR count). The number of ether oxygens (including phenoxy) is 2. The fourth-order valence-electron chi connectivity index (χ4n) is 3.74. The third-order valence-corrected chi connectivity index (χ3v) is 5.23. The van der Waals surface area contributed by atoms with Crippen molar-refractivity contribution in [2.75, 3.05) is 19.5 Å². The van der Waals surface area contributed by atoms with Crippen molar-refractivity contribution in [3.05, 3.63) is 65.7 Å². The molecule has 3 aromatic carbocycles. The van der Waals surface area contributed by atoms with E-state index < -0.39 is 0 Å². The molecule has 1 aromatic heterocycles. The summed E-state index contributed by atoms with van der Waals surface area (Å²) < 4.78 is 10.6. The Bertz CT molecular complexity index is 1190. The van der Waals surface area contributed by atoms with Crippen molar-refractivity contribution in [3.8, 4) is 11.5 Å². The summed E-state index contributed by atoms with van der Waals surface area (Å²) in [5, 5.41) is 5.36. The van der Waals surface area contributed by atoms with Crippen LogP contribution in [0, 0.1) is 0 Å². The first-order chi connectivity index (χ1) is 14.1. The van der Waals surface area contributed by atoms with E-state index in [1.807, 2.05) is 24.3 Å². The number of hydrogen-bond donors (Lipinski definition) is 2. The number of methoxy groups -OCH3 is 2. The van der Waals surface area contributed by atoms with Crippen LogP contribution < -0.4 is 14.8 Å². The van der Waals surface area contributed by atoms with Crippen LogP contribution in [-0.2, 0) is 17.6 Å². The van der Waals surface area contributed by atoms with E-state index in [2.05, 4.69) is 41.5 Å². The van der Waals surface area contributed by atoms with E-state index in [9.17, 15) is 4.79 Å². The highest BCUT2D eigenvalue weighted by Crippen LogP contribution is 2.30. The molecule has 0 aliphatic heterocycles. The number of hydrogen-bond acceptors (Lipinski definition) is 3. The molecule has 5 heteroatoms. The second-order valence-electron chi connectivity index (χ2n) is 6.98. The number of fused-ring (bicyclic) bond motifs is 3.